The topological polar surface area (TPSA) is 61.8 Å². The van der Waals surface area contributed by atoms with Gasteiger partial charge in [-0.15, -0.1) is 0 Å². The summed E-state index contributed by atoms with van der Waals surface area (Å²) < 4.78 is 2.00. The van der Waals surface area contributed by atoms with Crippen molar-refractivity contribution in [2.75, 3.05) is 0 Å². The highest BCUT2D eigenvalue weighted by molar-refractivity contribution is 5.21. The molecule has 1 heterocycles. The van der Waals surface area contributed by atoms with E-state index in [4.69, 9.17) is 5.26 Å². The van der Waals surface area contributed by atoms with Crippen LogP contribution in [0.15, 0.2) is 12.4 Å². The number of nitriles is 1. The molecule has 1 unspecified atom stereocenters. The molecule has 5 rings (SSSR count). The number of nitrogens with zero attached hydrogens (tertiary/aromatic N) is 3. The molecule has 0 amide bonds. The Labute approximate surface area is 201 Å². The molecule has 4 fully saturated rings. The van der Waals surface area contributed by atoms with Gasteiger partial charge in [0.05, 0.1) is 17.4 Å². The molecule has 0 radical (unpaired) electrons. The zero-order valence-electron chi connectivity index (χ0n) is 21.3. The van der Waals surface area contributed by atoms with Gasteiger partial charge in [0.2, 0.25) is 0 Å². The first-order chi connectivity index (χ1) is 15.7. The van der Waals surface area contributed by atoms with Gasteiger partial charge in [0.15, 0.2) is 0 Å². The Hall–Kier alpha value is -1.34. The second kappa shape index (κ2) is 8.71. The van der Waals surface area contributed by atoms with Crippen LogP contribution < -0.4 is 0 Å². The van der Waals surface area contributed by atoms with E-state index >= 15 is 0 Å². The molecule has 4 aliphatic carbocycles. The summed E-state index contributed by atoms with van der Waals surface area (Å²) in [6.07, 6.45) is 16.3. The van der Waals surface area contributed by atoms with Gasteiger partial charge in [-0.2, -0.15) is 10.4 Å². The summed E-state index contributed by atoms with van der Waals surface area (Å²) in [5, 5.41) is 24.9. The van der Waals surface area contributed by atoms with Crippen LogP contribution >= 0.6 is 0 Å². The van der Waals surface area contributed by atoms with Crippen LogP contribution in [0.3, 0.4) is 0 Å². The van der Waals surface area contributed by atoms with Crippen LogP contribution in [0, 0.1) is 64.1 Å². The van der Waals surface area contributed by atoms with E-state index in [2.05, 4.69) is 38.9 Å². The van der Waals surface area contributed by atoms with Crippen molar-refractivity contribution >= 4 is 0 Å². The second-order valence-electron chi connectivity index (χ2n) is 13.3. The van der Waals surface area contributed by atoms with E-state index in [0.717, 1.165) is 61.3 Å². The molecule has 0 aromatic carbocycles. The third-order valence-corrected chi connectivity index (χ3v) is 10.9. The smallest absolute Gasteiger partial charge is 0.102 e. The van der Waals surface area contributed by atoms with Gasteiger partial charge in [-0.1, -0.05) is 27.7 Å². The van der Waals surface area contributed by atoms with Crippen LogP contribution in [0.25, 0.3) is 0 Å². The maximum Gasteiger partial charge on any atom is 0.102 e. The van der Waals surface area contributed by atoms with E-state index < -0.39 is 5.60 Å². The Balaban J connectivity index is 1.26. The van der Waals surface area contributed by atoms with Crippen molar-refractivity contribution < 1.29 is 5.11 Å². The summed E-state index contributed by atoms with van der Waals surface area (Å²) in [5.41, 5.74) is 0.741. The van der Waals surface area contributed by atoms with Gasteiger partial charge in [-0.3, -0.25) is 4.68 Å². The van der Waals surface area contributed by atoms with Crippen LogP contribution in [0.4, 0.5) is 0 Å². The summed E-state index contributed by atoms with van der Waals surface area (Å²) in [5.74, 6) is 6.28. The van der Waals surface area contributed by atoms with Crippen LogP contribution in [-0.2, 0) is 6.54 Å². The Morgan fingerprint density at radius 2 is 1.88 bits per heavy atom. The van der Waals surface area contributed by atoms with Crippen molar-refractivity contribution in [3.63, 3.8) is 0 Å². The minimum absolute atomic E-state index is 0.392. The first-order valence-corrected chi connectivity index (χ1v) is 13.9. The average Bonchev–Trinajstić information content (AvgIpc) is 3.35. The second-order valence-corrected chi connectivity index (χ2v) is 13.3. The van der Waals surface area contributed by atoms with Gasteiger partial charge in [-0.25, -0.2) is 0 Å². The normalized spacial score (nSPS) is 43.4. The molecule has 4 saturated carbocycles. The SMILES string of the molecule is CC(C)C[C@@]1(O)CC[C@H]2[C@H](CC[C@@H]3[C@@H]2CC[C@]2(C)C([C@H](C)Cn4cc(C#N)cn4)CC[C@@H]32)C1. The number of aliphatic hydroxyl groups is 1. The standard InChI is InChI=1S/C29H45N3O/c1-19(2)13-29(33)12-10-23-22(14-29)5-6-25-24(23)9-11-28(4)26(7-8-27(25)28)20(3)17-32-18-21(15-30)16-31-32/h16,18-20,22-27,33H,5-14,17H2,1-4H3/t20-,22-,23+,24-,25-,26?,27+,28-,29+/m1/s1. The van der Waals surface area contributed by atoms with Gasteiger partial charge in [-0.05, 0) is 117 Å². The highest BCUT2D eigenvalue weighted by Crippen LogP contribution is 2.65. The Morgan fingerprint density at radius 3 is 2.61 bits per heavy atom. The number of fused-ring (bicyclic) bond motifs is 5. The average molecular weight is 452 g/mol. The molecule has 1 aromatic heterocycles. The van der Waals surface area contributed by atoms with E-state index in [9.17, 15) is 5.11 Å². The lowest BCUT2D eigenvalue weighted by molar-refractivity contribution is -0.113. The minimum atomic E-state index is -0.392. The van der Waals surface area contributed by atoms with Crippen LogP contribution in [0.5, 0.6) is 0 Å². The molecule has 1 N–H and O–H groups in total. The molecular weight excluding hydrogens is 406 g/mol. The lowest BCUT2D eigenvalue weighted by Gasteiger charge is -2.57. The highest BCUT2D eigenvalue weighted by Gasteiger charge is 2.58. The van der Waals surface area contributed by atoms with Crippen molar-refractivity contribution in [1.82, 2.24) is 9.78 Å². The molecule has 182 valence electrons. The Kier molecular flexibility index (Phi) is 6.17. The predicted octanol–water partition coefficient (Wildman–Crippen LogP) is 6.44. The molecule has 33 heavy (non-hydrogen) atoms. The van der Waals surface area contributed by atoms with Crippen molar-refractivity contribution in [1.29, 1.82) is 5.26 Å². The van der Waals surface area contributed by atoms with Gasteiger partial charge in [0, 0.05) is 12.7 Å². The fourth-order valence-corrected chi connectivity index (χ4v) is 9.83. The summed E-state index contributed by atoms with van der Waals surface area (Å²) in [6, 6.07) is 2.21. The molecule has 4 nitrogen and oxygen atoms in total. The molecular formula is C29H45N3O. The quantitative estimate of drug-likeness (QED) is 0.560. The zero-order valence-corrected chi connectivity index (χ0v) is 21.3. The predicted molar refractivity (Wildman–Crippen MR) is 131 cm³/mol. The molecule has 4 heteroatoms. The molecule has 0 aliphatic heterocycles. The molecule has 4 aliphatic rings. The van der Waals surface area contributed by atoms with Crippen LogP contribution in [0.1, 0.15) is 97.5 Å². The molecule has 0 bridgehead atoms. The van der Waals surface area contributed by atoms with Crippen LogP contribution in [0.2, 0.25) is 0 Å². The summed E-state index contributed by atoms with van der Waals surface area (Å²) in [4.78, 5) is 0. The van der Waals surface area contributed by atoms with Crippen LogP contribution in [-0.4, -0.2) is 20.5 Å². The van der Waals surface area contributed by atoms with E-state index in [-0.39, 0.29) is 0 Å². The maximum absolute atomic E-state index is 11.3. The summed E-state index contributed by atoms with van der Waals surface area (Å²) >= 11 is 0. The van der Waals surface area contributed by atoms with E-state index in [1.807, 2.05) is 10.9 Å². The monoisotopic (exact) mass is 451 g/mol. The fraction of sp³-hybridized carbons (Fsp3) is 0.862. The summed E-state index contributed by atoms with van der Waals surface area (Å²) in [6.45, 7) is 10.5. The maximum atomic E-state index is 11.3. The van der Waals surface area contributed by atoms with Crippen molar-refractivity contribution in [3.8, 4) is 6.07 Å². The Morgan fingerprint density at radius 1 is 1.09 bits per heavy atom. The number of rotatable bonds is 5. The third kappa shape index (κ3) is 4.18. The number of hydrogen-bond donors (Lipinski definition) is 1. The molecule has 0 saturated heterocycles. The lowest BCUT2D eigenvalue weighted by Crippen LogP contribution is -2.51. The molecule has 1 aromatic rings. The van der Waals surface area contributed by atoms with E-state index in [1.54, 1.807) is 6.20 Å². The largest absolute Gasteiger partial charge is 0.390 e. The van der Waals surface area contributed by atoms with Crippen molar-refractivity contribution in [3.05, 3.63) is 18.0 Å². The van der Waals surface area contributed by atoms with Gasteiger partial charge in [0.25, 0.3) is 0 Å². The lowest BCUT2D eigenvalue weighted by atomic mass is 9.48. The minimum Gasteiger partial charge on any atom is -0.390 e. The first-order valence-electron chi connectivity index (χ1n) is 13.9. The van der Waals surface area contributed by atoms with Crippen molar-refractivity contribution in [2.45, 2.75) is 104 Å². The molecule has 9 atom stereocenters. The van der Waals surface area contributed by atoms with Gasteiger partial charge >= 0.3 is 0 Å². The fourth-order valence-electron chi connectivity index (χ4n) is 9.83. The van der Waals surface area contributed by atoms with Crippen molar-refractivity contribution in [2.24, 2.45) is 52.8 Å². The zero-order chi connectivity index (χ0) is 23.4. The van der Waals surface area contributed by atoms with Gasteiger partial charge < -0.3 is 5.11 Å². The summed E-state index contributed by atoms with van der Waals surface area (Å²) in [7, 11) is 0. The number of aromatic nitrogens is 2. The Bertz CT molecular complexity index is 886. The molecule has 0 spiro atoms. The first kappa shape index (κ1) is 23.4. The van der Waals surface area contributed by atoms with E-state index in [1.165, 1.54) is 44.9 Å². The highest BCUT2D eigenvalue weighted by atomic mass is 16.3. The van der Waals surface area contributed by atoms with Gasteiger partial charge in [0.1, 0.15) is 6.07 Å². The third-order valence-electron chi connectivity index (χ3n) is 10.9. The van der Waals surface area contributed by atoms with E-state index in [0.29, 0.717) is 22.8 Å². The number of hydrogen-bond acceptors (Lipinski definition) is 3.